The molecule has 0 amide bonds. The number of aliphatic hydroxyl groups excluding tert-OH is 9. The Morgan fingerprint density at radius 3 is 1.98 bits per heavy atom. The van der Waals surface area contributed by atoms with E-state index >= 15 is 0 Å². The van der Waals surface area contributed by atoms with Gasteiger partial charge in [0, 0.05) is 17.2 Å². The van der Waals surface area contributed by atoms with Crippen molar-refractivity contribution in [3.63, 3.8) is 0 Å². The van der Waals surface area contributed by atoms with Crippen molar-refractivity contribution in [3.05, 3.63) is 57.8 Å². The van der Waals surface area contributed by atoms with Crippen LogP contribution in [-0.4, -0.2) is 155 Å². The molecule has 19 nitrogen and oxygen atoms in total. The molecule has 2 aromatic carbocycles. The molecule has 0 saturated carbocycles. The number of rotatable bonds is 10. The van der Waals surface area contributed by atoms with E-state index in [1.165, 1.54) is 38.1 Å². The van der Waals surface area contributed by atoms with Crippen LogP contribution in [0.1, 0.15) is 33.3 Å². The maximum atomic E-state index is 14.5. The highest BCUT2D eigenvalue weighted by Gasteiger charge is 2.50. The van der Waals surface area contributed by atoms with Crippen LogP contribution in [0.3, 0.4) is 0 Å². The van der Waals surface area contributed by atoms with Crippen molar-refractivity contribution in [1.29, 1.82) is 0 Å². The van der Waals surface area contributed by atoms with Gasteiger partial charge in [-0.05, 0) is 58.4 Å². The van der Waals surface area contributed by atoms with Crippen molar-refractivity contribution in [1.82, 2.24) is 0 Å². The van der Waals surface area contributed by atoms with Crippen molar-refractivity contribution < 1.29 is 89.0 Å². The Kier molecular flexibility index (Phi) is 12.8. The lowest BCUT2D eigenvalue weighted by Crippen LogP contribution is -2.63. The molecule has 0 unspecified atom stereocenters. The molecule has 0 radical (unpaired) electrons. The van der Waals surface area contributed by atoms with Crippen LogP contribution >= 0.6 is 0 Å². The summed E-state index contributed by atoms with van der Waals surface area (Å²) in [5.41, 5.74) is -0.0876. The summed E-state index contributed by atoms with van der Waals surface area (Å²) >= 11 is 0. The number of benzene rings is 2. The van der Waals surface area contributed by atoms with Gasteiger partial charge in [0.2, 0.25) is 23.8 Å². The lowest BCUT2D eigenvalue weighted by atomic mass is 9.97. The second-order valence-electron chi connectivity index (χ2n) is 14.6. The van der Waals surface area contributed by atoms with Gasteiger partial charge in [0.1, 0.15) is 89.3 Å². The topological polar surface area (TPSA) is 308 Å². The summed E-state index contributed by atoms with van der Waals surface area (Å²) in [6.07, 6.45) is -21.8. The third kappa shape index (κ3) is 8.35. The monoisotopic (exact) mass is 808 g/mol. The van der Waals surface area contributed by atoms with Gasteiger partial charge in [-0.1, -0.05) is 11.6 Å². The first-order valence-corrected chi connectivity index (χ1v) is 18.2. The van der Waals surface area contributed by atoms with Gasteiger partial charge >= 0.3 is 0 Å². The number of allylic oxidation sites excluding steroid dienone is 2. The average molecular weight is 809 g/mol. The molecule has 4 heterocycles. The largest absolute Gasteiger partial charge is 0.508 e. The second-order valence-corrected chi connectivity index (χ2v) is 14.6. The summed E-state index contributed by atoms with van der Waals surface area (Å²) in [5.74, 6) is -1.90. The molecule has 15 atom stereocenters. The zero-order valence-electron chi connectivity index (χ0n) is 31.2. The van der Waals surface area contributed by atoms with E-state index in [9.17, 15) is 61.0 Å². The predicted molar refractivity (Wildman–Crippen MR) is 193 cm³/mol. The fourth-order valence-electron chi connectivity index (χ4n) is 6.85. The molecule has 3 aliphatic heterocycles. The van der Waals surface area contributed by atoms with E-state index in [4.69, 9.17) is 32.8 Å². The van der Waals surface area contributed by atoms with Gasteiger partial charge in [0.25, 0.3) is 0 Å². The number of phenols is 2. The highest BCUT2D eigenvalue weighted by molar-refractivity contribution is 5.91. The standard InChI is InChI=1S/C38H48O19/c1-13(2)5-10-18-20(53-38-30(49)27(46)24(43)21(12-39)54-38)11-19(41)22-25(44)35(33(55-34(18)22)16-6-8-17(40)9-7-16)57-37-31(50)28(47)32(15(4)52-37)56-36-29(48)26(45)23(42)14(3)51-36/h5-9,11,14-15,21,23-24,26-32,36-43,45-50H,10,12H2,1-4H3/t14-,15-,21+,23-,24+,26+,27-,28-,29+,30+,31+,32-,36-,37-,38+/m0/s1. The third-order valence-corrected chi connectivity index (χ3v) is 10.2. The Morgan fingerprint density at radius 2 is 1.33 bits per heavy atom. The number of aliphatic hydroxyl groups is 9. The molecule has 0 aliphatic carbocycles. The first-order valence-electron chi connectivity index (χ1n) is 18.2. The molecule has 57 heavy (non-hydrogen) atoms. The summed E-state index contributed by atoms with van der Waals surface area (Å²) in [5, 5.41) is 115. The third-order valence-electron chi connectivity index (χ3n) is 10.2. The van der Waals surface area contributed by atoms with Gasteiger partial charge in [-0.15, -0.1) is 0 Å². The van der Waals surface area contributed by atoms with Gasteiger partial charge in [0.05, 0.1) is 18.8 Å². The van der Waals surface area contributed by atoms with E-state index in [1.54, 1.807) is 19.9 Å². The molecule has 0 spiro atoms. The minimum Gasteiger partial charge on any atom is -0.508 e. The molecule has 19 heteroatoms. The minimum atomic E-state index is -1.93. The van der Waals surface area contributed by atoms with Crippen LogP contribution in [0, 0.1) is 0 Å². The van der Waals surface area contributed by atoms with E-state index in [0.29, 0.717) is 0 Å². The average Bonchev–Trinajstić information content (AvgIpc) is 3.17. The fourth-order valence-corrected chi connectivity index (χ4v) is 6.85. The number of hydrogen-bond donors (Lipinski definition) is 11. The molecular formula is C38H48O19. The highest BCUT2D eigenvalue weighted by Crippen LogP contribution is 2.42. The van der Waals surface area contributed by atoms with Gasteiger partial charge in [-0.2, -0.15) is 0 Å². The van der Waals surface area contributed by atoms with E-state index in [-0.39, 0.29) is 40.4 Å². The molecule has 314 valence electrons. The molecular weight excluding hydrogens is 760 g/mol. The number of aromatic hydroxyl groups is 2. The summed E-state index contributed by atoms with van der Waals surface area (Å²) in [6, 6.07) is 6.40. The van der Waals surface area contributed by atoms with Crippen LogP contribution < -0.4 is 14.9 Å². The van der Waals surface area contributed by atoms with Gasteiger partial charge in [-0.3, -0.25) is 4.79 Å². The van der Waals surface area contributed by atoms with Gasteiger partial charge < -0.3 is 89.0 Å². The van der Waals surface area contributed by atoms with Crippen molar-refractivity contribution in [2.75, 3.05) is 6.61 Å². The van der Waals surface area contributed by atoms with Crippen LogP contribution in [0.4, 0.5) is 0 Å². The maximum Gasteiger partial charge on any atom is 0.239 e. The predicted octanol–water partition coefficient (Wildman–Crippen LogP) is -1.38. The lowest BCUT2D eigenvalue weighted by Gasteiger charge is -2.45. The van der Waals surface area contributed by atoms with Crippen molar-refractivity contribution in [2.45, 2.75) is 126 Å². The summed E-state index contributed by atoms with van der Waals surface area (Å²) in [6.45, 7) is 5.72. The SMILES string of the molecule is CC(C)=CCc1c(O[C@@H]2O[C@H](CO)[C@@H](O)[C@H](O)[C@H]2O)cc(O)c2c(=O)c(O[C@@H]3O[C@@H](C)[C@H](O[C@@H]4O[C@@H](C)[C@H](O)[C@@H](O)[C@H]4O)[C@@H](O)[C@H]3O)c(-c3ccc(O)cc3)oc12. The van der Waals surface area contributed by atoms with Crippen LogP contribution in [-0.2, 0) is 25.4 Å². The Bertz CT molecular complexity index is 1960. The highest BCUT2D eigenvalue weighted by atomic mass is 16.7. The Hall–Kier alpha value is -3.93. The van der Waals surface area contributed by atoms with Crippen molar-refractivity contribution in [3.8, 4) is 34.3 Å². The summed E-state index contributed by atoms with van der Waals surface area (Å²) in [7, 11) is 0. The Balaban J connectivity index is 1.41. The Morgan fingerprint density at radius 1 is 0.737 bits per heavy atom. The molecule has 11 N–H and O–H groups in total. The quantitative estimate of drug-likeness (QED) is 0.105. The lowest BCUT2D eigenvalue weighted by molar-refractivity contribution is -0.345. The first-order chi connectivity index (χ1) is 26.9. The van der Waals surface area contributed by atoms with E-state index in [1.807, 2.05) is 0 Å². The molecule has 3 aliphatic rings. The minimum absolute atomic E-state index is 0.00769. The van der Waals surface area contributed by atoms with Crippen LogP contribution in [0.15, 0.2) is 51.2 Å². The number of hydrogen-bond acceptors (Lipinski definition) is 19. The summed E-state index contributed by atoms with van der Waals surface area (Å²) < 4.78 is 40.9. The smallest absolute Gasteiger partial charge is 0.239 e. The number of phenolic OH excluding ortho intramolecular Hbond substituents is 2. The normalized spacial score (nSPS) is 35.8. The molecule has 0 bridgehead atoms. The molecule has 3 saturated heterocycles. The summed E-state index contributed by atoms with van der Waals surface area (Å²) in [4.78, 5) is 14.5. The fraction of sp³-hybridized carbons (Fsp3) is 0.553. The number of ether oxygens (including phenoxy) is 6. The second kappa shape index (κ2) is 17.1. The van der Waals surface area contributed by atoms with Crippen LogP contribution in [0.25, 0.3) is 22.3 Å². The molecule has 1 aromatic heterocycles. The van der Waals surface area contributed by atoms with Gasteiger partial charge in [0.15, 0.2) is 12.1 Å². The van der Waals surface area contributed by atoms with E-state index < -0.39 is 121 Å². The van der Waals surface area contributed by atoms with Crippen molar-refractivity contribution in [2.24, 2.45) is 0 Å². The van der Waals surface area contributed by atoms with Gasteiger partial charge in [-0.25, -0.2) is 0 Å². The first kappa shape index (κ1) is 42.7. The molecule has 6 rings (SSSR count). The van der Waals surface area contributed by atoms with Crippen LogP contribution in [0.2, 0.25) is 0 Å². The van der Waals surface area contributed by atoms with Crippen LogP contribution in [0.5, 0.6) is 23.0 Å². The van der Waals surface area contributed by atoms with E-state index in [0.717, 1.165) is 11.6 Å². The zero-order chi connectivity index (χ0) is 41.6. The Labute approximate surface area is 324 Å². The maximum absolute atomic E-state index is 14.5. The molecule has 3 aromatic rings. The zero-order valence-corrected chi connectivity index (χ0v) is 31.2. The molecule has 3 fully saturated rings. The van der Waals surface area contributed by atoms with E-state index in [2.05, 4.69) is 0 Å². The number of fused-ring (bicyclic) bond motifs is 1. The van der Waals surface area contributed by atoms with Crippen molar-refractivity contribution >= 4 is 11.0 Å².